The molecule has 3 nitrogen and oxygen atoms in total. The maximum atomic E-state index is 13.1. The summed E-state index contributed by atoms with van der Waals surface area (Å²) in [6.45, 7) is 0.284. The first kappa shape index (κ1) is 13.6. The Bertz CT molecular complexity index is 856. The molecule has 0 atom stereocenters. The predicted octanol–water partition coefficient (Wildman–Crippen LogP) is 4.04. The van der Waals surface area contributed by atoms with Gasteiger partial charge in [0.1, 0.15) is 5.82 Å². The second-order valence-corrected chi connectivity index (χ2v) is 5.97. The van der Waals surface area contributed by atoms with Crippen molar-refractivity contribution in [1.29, 1.82) is 0 Å². The lowest BCUT2D eigenvalue weighted by atomic mass is 10.2. The lowest BCUT2D eigenvalue weighted by Gasteiger charge is -2.04. The summed E-state index contributed by atoms with van der Waals surface area (Å²) in [6, 6.07) is 9.88. The molecule has 1 heterocycles. The van der Waals surface area contributed by atoms with Crippen LogP contribution < -0.4 is 5.76 Å². The first-order chi connectivity index (χ1) is 9.54. The van der Waals surface area contributed by atoms with E-state index in [0.29, 0.717) is 11.1 Å². The maximum Gasteiger partial charge on any atom is 0.420 e. The SMILES string of the molecule is O=c1oc2ccc(I)cc2n1Cc1ccc(F)c(Cl)c1. The van der Waals surface area contributed by atoms with Gasteiger partial charge in [0.2, 0.25) is 0 Å². The first-order valence-electron chi connectivity index (χ1n) is 5.77. The summed E-state index contributed by atoms with van der Waals surface area (Å²) < 4.78 is 20.8. The Morgan fingerprint density at radius 1 is 1.25 bits per heavy atom. The van der Waals surface area contributed by atoms with Crippen LogP contribution in [0.3, 0.4) is 0 Å². The van der Waals surface area contributed by atoms with Crippen LogP contribution in [0.1, 0.15) is 5.56 Å². The van der Waals surface area contributed by atoms with E-state index in [4.69, 9.17) is 16.0 Å². The minimum absolute atomic E-state index is 0.0397. The van der Waals surface area contributed by atoms with Crippen LogP contribution in [0.15, 0.2) is 45.6 Å². The van der Waals surface area contributed by atoms with Gasteiger partial charge in [0.05, 0.1) is 17.1 Å². The lowest BCUT2D eigenvalue weighted by Crippen LogP contribution is -2.14. The Balaban J connectivity index is 2.10. The molecule has 0 fully saturated rings. The van der Waals surface area contributed by atoms with Crippen molar-refractivity contribution in [2.75, 3.05) is 0 Å². The summed E-state index contributed by atoms with van der Waals surface area (Å²) in [5.74, 6) is -0.920. The molecule has 0 amide bonds. The third kappa shape index (κ3) is 2.47. The van der Waals surface area contributed by atoms with Crippen LogP contribution in [0.5, 0.6) is 0 Å². The molecule has 0 aliphatic heterocycles. The maximum absolute atomic E-state index is 13.1. The molecule has 0 aliphatic carbocycles. The smallest absolute Gasteiger partial charge is 0.408 e. The predicted molar refractivity (Wildman–Crippen MR) is 83.7 cm³/mol. The Morgan fingerprint density at radius 3 is 2.80 bits per heavy atom. The summed E-state index contributed by atoms with van der Waals surface area (Å²) in [5, 5.41) is 0.0397. The second kappa shape index (κ2) is 5.21. The summed E-state index contributed by atoms with van der Waals surface area (Å²) in [5.41, 5.74) is 1.98. The van der Waals surface area contributed by atoms with Gasteiger partial charge in [0.15, 0.2) is 5.58 Å². The minimum Gasteiger partial charge on any atom is -0.408 e. The fourth-order valence-corrected chi connectivity index (χ4v) is 2.68. The zero-order valence-corrected chi connectivity index (χ0v) is 13.0. The standard InChI is InChI=1S/C14H8ClFINO2/c15-10-5-8(1-3-11(10)16)7-18-12-6-9(17)2-4-13(12)20-14(18)19/h1-6H,7H2. The molecular weight excluding hydrogens is 396 g/mol. The highest BCUT2D eigenvalue weighted by atomic mass is 127. The summed E-state index contributed by atoms with van der Waals surface area (Å²) in [7, 11) is 0. The van der Waals surface area contributed by atoms with Crippen molar-refractivity contribution in [3.8, 4) is 0 Å². The normalized spacial score (nSPS) is 11.2. The van der Waals surface area contributed by atoms with Crippen LogP contribution in [0.2, 0.25) is 5.02 Å². The fraction of sp³-hybridized carbons (Fsp3) is 0.0714. The van der Waals surface area contributed by atoms with Crippen LogP contribution in [-0.4, -0.2) is 4.57 Å². The quantitative estimate of drug-likeness (QED) is 0.606. The molecule has 102 valence electrons. The summed E-state index contributed by atoms with van der Waals surface area (Å²) in [6.07, 6.45) is 0. The van der Waals surface area contributed by atoms with Gasteiger partial charge in [-0.3, -0.25) is 4.57 Å². The number of benzene rings is 2. The monoisotopic (exact) mass is 403 g/mol. The fourth-order valence-electron chi connectivity index (χ4n) is 2.01. The van der Waals surface area contributed by atoms with E-state index in [1.807, 2.05) is 12.1 Å². The number of hydrogen-bond acceptors (Lipinski definition) is 2. The third-order valence-corrected chi connectivity index (χ3v) is 3.91. The van der Waals surface area contributed by atoms with Gasteiger partial charge in [-0.1, -0.05) is 17.7 Å². The number of fused-ring (bicyclic) bond motifs is 1. The molecule has 6 heteroatoms. The van der Waals surface area contributed by atoms with Crippen molar-refractivity contribution in [2.45, 2.75) is 6.54 Å². The topological polar surface area (TPSA) is 35.1 Å². The highest BCUT2D eigenvalue weighted by Gasteiger charge is 2.11. The van der Waals surface area contributed by atoms with E-state index in [-0.39, 0.29) is 11.6 Å². The van der Waals surface area contributed by atoms with E-state index in [9.17, 15) is 9.18 Å². The molecule has 0 saturated heterocycles. The average molecular weight is 404 g/mol. The van der Waals surface area contributed by atoms with E-state index < -0.39 is 11.6 Å². The molecule has 0 N–H and O–H groups in total. The average Bonchev–Trinajstić information content (AvgIpc) is 2.70. The molecule has 3 aromatic rings. The minimum atomic E-state index is -0.477. The molecular formula is C14H8ClFINO2. The molecule has 3 rings (SSSR count). The Morgan fingerprint density at radius 2 is 2.05 bits per heavy atom. The van der Waals surface area contributed by atoms with Gasteiger partial charge in [-0.25, -0.2) is 9.18 Å². The number of oxazole rings is 1. The molecule has 0 spiro atoms. The molecule has 0 aliphatic rings. The Hall–Kier alpha value is -1.34. The van der Waals surface area contributed by atoms with E-state index in [2.05, 4.69) is 22.6 Å². The van der Waals surface area contributed by atoms with E-state index in [1.54, 1.807) is 12.1 Å². The van der Waals surface area contributed by atoms with Crippen LogP contribution in [-0.2, 0) is 6.54 Å². The molecule has 1 aromatic heterocycles. The number of nitrogens with zero attached hydrogens (tertiary/aromatic N) is 1. The summed E-state index contributed by atoms with van der Waals surface area (Å²) >= 11 is 7.92. The highest BCUT2D eigenvalue weighted by molar-refractivity contribution is 14.1. The van der Waals surface area contributed by atoms with Crippen molar-refractivity contribution >= 4 is 45.3 Å². The van der Waals surface area contributed by atoms with E-state index in [1.165, 1.54) is 16.7 Å². The lowest BCUT2D eigenvalue weighted by molar-refractivity contribution is 0.517. The Labute approximate surface area is 132 Å². The van der Waals surface area contributed by atoms with Gasteiger partial charge in [-0.05, 0) is 58.5 Å². The second-order valence-electron chi connectivity index (χ2n) is 4.31. The van der Waals surface area contributed by atoms with Crippen molar-refractivity contribution in [3.63, 3.8) is 0 Å². The molecule has 20 heavy (non-hydrogen) atoms. The van der Waals surface area contributed by atoms with Crippen LogP contribution >= 0.6 is 34.2 Å². The van der Waals surface area contributed by atoms with Gasteiger partial charge >= 0.3 is 5.76 Å². The number of halogens is 3. The zero-order chi connectivity index (χ0) is 14.3. The van der Waals surface area contributed by atoms with Gasteiger partial charge in [0.25, 0.3) is 0 Å². The molecule has 0 bridgehead atoms. The van der Waals surface area contributed by atoms with Crippen LogP contribution in [0.4, 0.5) is 4.39 Å². The molecule has 2 aromatic carbocycles. The zero-order valence-electron chi connectivity index (χ0n) is 10.1. The summed E-state index contributed by atoms with van der Waals surface area (Å²) in [4.78, 5) is 11.9. The van der Waals surface area contributed by atoms with Crippen LogP contribution in [0.25, 0.3) is 11.1 Å². The van der Waals surface area contributed by atoms with Gasteiger partial charge < -0.3 is 4.42 Å². The highest BCUT2D eigenvalue weighted by Crippen LogP contribution is 2.20. The largest absolute Gasteiger partial charge is 0.420 e. The van der Waals surface area contributed by atoms with Gasteiger partial charge in [0, 0.05) is 3.57 Å². The third-order valence-electron chi connectivity index (χ3n) is 2.95. The number of rotatable bonds is 2. The van der Waals surface area contributed by atoms with Crippen molar-refractivity contribution < 1.29 is 8.81 Å². The van der Waals surface area contributed by atoms with Crippen molar-refractivity contribution in [2.24, 2.45) is 0 Å². The molecule has 0 unspecified atom stereocenters. The first-order valence-corrected chi connectivity index (χ1v) is 7.23. The van der Waals surface area contributed by atoms with E-state index in [0.717, 1.165) is 9.13 Å². The molecule has 0 saturated carbocycles. The van der Waals surface area contributed by atoms with E-state index >= 15 is 0 Å². The van der Waals surface area contributed by atoms with Crippen molar-refractivity contribution in [1.82, 2.24) is 4.57 Å². The number of hydrogen-bond donors (Lipinski definition) is 0. The number of aromatic nitrogens is 1. The van der Waals surface area contributed by atoms with Gasteiger partial charge in [-0.2, -0.15) is 0 Å². The molecule has 0 radical (unpaired) electrons. The Kier molecular flexibility index (Phi) is 3.55. The van der Waals surface area contributed by atoms with Gasteiger partial charge in [-0.15, -0.1) is 0 Å². The van der Waals surface area contributed by atoms with Crippen molar-refractivity contribution in [3.05, 3.63) is 66.9 Å². The van der Waals surface area contributed by atoms with Crippen LogP contribution in [0, 0.1) is 9.39 Å².